The van der Waals surface area contributed by atoms with Gasteiger partial charge >= 0.3 is 0 Å². The van der Waals surface area contributed by atoms with Gasteiger partial charge in [0.15, 0.2) is 5.96 Å². The molecule has 0 aliphatic carbocycles. The van der Waals surface area contributed by atoms with Crippen molar-refractivity contribution in [1.29, 1.82) is 0 Å². The first-order valence-corrected chi connectivity index (χ1v) is 6.42. The molecule has 106 valence electrons. The number of nitrogens with two attached hydrogens (primary N) is 1. The number of aliphatic imine (C=N–C) groups is 1. The van der Waals surface area contributed by atoms with E-state index < -0.39 is 0 Å². The van der Waals surface area contributed by atoms with Crippen molar-refractivity contribution in [2.45, 2.75) is 13.3 Å². The van der Waals surface area contributed by atoms with Crippen LogP contribution in [-0.2, 0) is 9.47 Å². The molecule has 0 aromatic heterocycles. The largest absolute Gasteiger partial charge is 0.382 e. The van der Waals surface area contributed by atoms with Gasteiger partial charge in [0.2, 0.25) is 0 Å². The van der Waals surface area contributed by atoms with Crippen LogP contribution in [0, 0.1) is 6.92 Å². The normalized spacial score (nSPS) is 11.6. The van der Waals surface area contributed by atoms with Gasteiger partial charge in [-0.3, -0.25) is 4.99 Å². The zero-order chi connectivity index (χ0) is 13.9. The van der Waals surface area contributed by atoms with E-state index in [9.17, 15) is 0 Å². The van der Waals surface area contributed by atoms with Gasteiger partial charge < -0.3 is 20.5 Å². The Balaban J connectivity index is 2.18. The van der Waals surface area contributed by atoms with Crippen molar-refractivity contribution in [3.63, 3.8) is 0 Å². The fourth-order valence-corrected chi connectivity index (χ4v) is 1.52. The van der Waals surface area contributed by atoms with Crippen LogP contribution in [0.2, 0.25) is 0 Å². The van der Waals surface area contributed by atoms with Crippen molar-refractivity contribution in [3.8, 4) is 0 Å². The van der Waals surface area contributed by atoms with Crippen LogP contribution in [0.25, 0.3) is 0 Å². The predicted octanol–water partition coefficient (Wildman–Crippen LogP) is 1.77. The molecular weight excluding hydrogens is 242 g/mol. The minimum Gasteiger partial charge on any atom is -0.382 e. The summed E-state index contributed by atoms with van der Waals surface area (Å²) in [6.07, 6.45) is 0.847. The highest BCUT2D eigenvalue weighted by Crippen LogP contribution is 2.08. The number of aryl methyl sites for hydroxylation is 1. The molecule has 0 atom stereocenters. The van der Waals surface area contributed by atoms with E-state index in [0.717, 1.165) is 12.1 Å². The fraction of sp³-hybridized carbons (Fsp3) is 0.500. The number of nitrogens with zero attached hydrogens (tertiary/aromatic N) is 1. The summed E-state index contributed by atoms with van der Waals surface area (Å²) in [5, 5.41) is 3.06. The highest BCUT2D eigenvalue weighted by atomic mass is 16.5. The van der Waals surface area contributed by atoms with E-state index in [1.54, 1.807) is 7.11 Å². The van der Waals surface area contributed by atoms with Gasteiger partial charge in [-0.15, -0.1) is 0 Å². The number of anilines is 1. The van der Waals surface area contributed by atoms with Crippen LogP contribution in [0.3, 0.4) is 0 Å². The van der Waals surface area contributed by atoms with Crippen molar-refractivity contribution < 1.29 is 9.47 Å². The molecule has 0 heterocycles. The summed E-state index contributed by atoms with van der Waals surface area (Å²) in [7, 11) is 1.66. The first kappa shape index (κ1) is 15.5. The number of hydrogen-bond donors (Lipinski definition) is 2. The summed E-state index contributed by atoms with van der Waals surface area (Å²) >= 11 is 0. The van der Waals surface area contributed by atoms with Crippen molar-refractivity contribution in [2.75, 3.05) is 38.8 Å². The fourth-order valence-electron chi connectivity index (χ4n) is 1.52. The van der Waals surface area contributed by atoms with E-state index in [2.05, 4.69) is 10.3 Å². The molecule has 0 spiro atoms. The van der Waals surface area contributed by atoms with Crippen molar-refractivity contribution in [2.24, 2.45) is 10.7 Å². The number of guanidine groups is 1. The number of rotatable bonds is 8. The summed E-state index contributed by atoms with van der Waals surface area (Å²) in [6.45, 7) is 4.61. The summed E-state index contributed by atoms with van der Waals surface area (Å²) in [5.74, 6) is 0.433. The molecule has 3 N–H and O–H groups in total. The Labute approximate surface area is 114 Å². The maximum atomic E-state index is 5.80. The molecule has 1 aromatic rings. The first-order chi connectivity index (χ1) is 9.22. The molecule has 0 aliphatic heterocycles. The molecule has 19 heavy (non-hydrogen) atoms. The van der Waals surface area contributed by atoms with Gasteiger partial charge in [0.1, 0.15) is 0 Å². The van der Waals surface area contributed by atoms with E-state index >= 15 is 0 Å². The molecule has 0 unspecified atom stereocenters. The quantitative estimate of drug-likeness (QED) is 0.427. The Kier molecular flexibility index (Phi) is 7.62. The number of ether oxygens (including phenoxy) is 2. The third-order valence-electron chi connectivity index (χ3n) is 2.45. The zero-order valence-corrected chi connectivity index (χ0v) is 11.7. The first-order valence-electron chi connectivity index (χ1n) is 6.42. The van der Waals surface area contributed by atoms with E-state index in [1.807, 2.05) is 31.2 Å². The van der Waals surface area contributed by atoms with Crippen LogP contribution in [0.15, 0.2) is 29.3 Å². The van der Waals surface area contributed by atoms with Gasteiger partial charge in [-0.25, -0.2) is 0 Å². The molecule has 0 aliphatic rings. The molecule has 0 saturated carbocycles. The summed E-state index contributed by atoms with van der Waals surface area (Å²) in [4.78, 5) is 4.24. The molecule has 0 bridgehead atoms. The zero-order valence-electron chi connectivity index (χ0n) is 11.7. The number of nitrogens with one attached hydrogen (secondary N) is 1. The van der Waals surface area contributed by atoms with Crippen molar-refractivity contribution >= 4 is 11.6 Å². The topological polar surface area (TPSA) is 68.9 Å². The van der Waals surface area contributed by atoms with Crippen molar-refractivity contribution in [3.05, 3.63) is 29.8 Å². The molecule has 0 fully saturated rings. The second-order valence-electron chi connectivity index (χ2n) is 4.22. The second-order valence-corrected chi connectivity index (χ2v) is 4.22. The summed E-state index contributed by atoms with van der Waals surface area (Å²) < 4.78 is 10.2. The molecule has 5 heteroatoms. The molecule has 1 rings (SSSR count). The van der Waals surface area contributed by atoms with Gasteiger partial charge in [-0.1, -0.05) is 12.1 Å². The molecular formula is C14H23N3O2. The van der Waals surface area contributed by atoms with Crippen LogP contribution in [0.5, 0.6) is 0 Å². The number of methoxy groups -OCH3 is 1. The molecule has 0 saturated heterocycles. The van der Waals surface area contributed by atoms with Crippen LogP contribution in [-0.4, -0.2) is 39.4 Å². The molecule has 0 amide bonds. The smallest absolute Gasteiger partial charge is 0.193 e. The van der Waals surface area contributed by atoms with E-state index in [4.69, 9.17) is 15.2 Å². The lowest BCUT2D eigenvalue weighted by molar-refractivity contribution is 0.0702. The van der Waals surface area contributed by atoms with E-state index in [1.165, 1.54) is 5.56 Å². The van der Waals surface area contributed by atoms with Crippen molar-refractivity contribution in [1.82, 2.24) is 0 Å². The van der Waals surface area contributed by atoms with Gasteiger partial charge in [0.25, 0.3) is 0 Å². The van der Waals surface area contributed by atoms with Gasteiger partial charge in [-0.05, 0) is 31.0 Å². The standard InChI is InChI=1S/C14H23N3O2/c1-12-5-3-6-13(11-12)17-14(15)16-7-4-8-19-10-9-18-2/h3,5-6,11H,4,7-10H2,1-2H3,(H3,15,16,17). The Morgan fingerprint density at radius 3 is 2.89 bits per heavy atom. The van der Waals surface area contributed by atoms with Crippen LogP contribution in [0.4, 0.5) is 5.69 Å². The monoisotopic (exact) mass is 265 g/mol. The predicted molar refractivity (Wildman–Crippen MR) is 78.6 cm³/mol. The Bertz CT molecular complexity index is 394. The van der Waals surface area contributed by atoms with Crippen LogP contribution < -0.4 is 11.1 Å². The highest BCUT2D eigenvalue weighted by molar-refractivity contribution is 5.92. The van der Waals surface area contributed by atoms with Gasteiger partial charge in [0.05, 0.1) is 13.2 Å². The average molecular weight is 265 g/mol. The van der Waals surface area contributed by atoms with E-state index in [0.29, 0.717) is 32.3 Å². The molecule has 1 aromatic carbocycles. The SMILES string of the molecule is COCCOCCCN=C(N)Nc1cccc(C)c1. The summed E-state index contributed by atoms with van der Waals surface area (Å²) in [6, 6.07) is 8.00. The Morgan fingerprint density at radius 1 is 1.32 bits per heavy atom. The third kappa shape index (κ3) is 7.43. The minimum atomic E-state index is 0.433. The number of hydrogen-bond acceptors (Lipinski definition) is 3. The lowest BCUT2D eigenvalue weighted by atomic mass is 10.2. The Hall–Kier alpha value is -1.59. The average Bonchev–Trinajstić information content (AvgIpc) is 2.37. The Morgan fingerprint density at radius 2 is 2.16 bits per heavy atom. The summed E-state index contributed by atoms with van der Waals surface area (Å²) in [5.41, 5.74) is 7.94. The number of benzene rings is 1. The van der Waals surface area contributed by atoms with E-state index in [-0.39, 0.29) is 0 Å². The lowest BCUT2D eigenvalue weighted by Crippen LogP contribution is -2.23. The van der Waals surface area contributed by atoms with Gasteiger partial charge in [-0.2, -0.15) is 0 Å². The highest BCUT2D eigenvalue weighted by Gasteiger charge is 1.95. The lowest BCUT2D eigenvalue weighted by Gasteiger charge is -2.06. The maximum Gasteiger partial charge on any atom is 0.193 e. The van der Waals surface area contributed by atoms with Gasteiger partial charge in [0, 0.05) is 25.9 Å². The molecule has 5 nitrogen and oxygen atoms in total. The van der Waals surface area contributed by atoms with Crippen LogP contribution >= 0.6 is 0 Å². The maximum absolute atomic E-state index is 5.80. The third-order valence-corrected chi connectivity index (χ3v) is 2.45. The second kappa shape index (κ2) is 9.35. The minimum absolute atomic E-state index is 0.433. The molecule has 0 radical (unpaired) electrons. The van der Waals surface area contributed by atoms with Crippen LogP contribution in [0.1, 0.15) is 12.0 Å².